The van der Waals surface area contributed by atoms with E-state index in [9.17, 15) is 0 Å². The first-order valence-electron chi connectivity index (χ1n) is 13.6. The zero-order valence-electron chi connectivity index (χ0n) is 22.8. The Hall–Kier alpha value is -4.63. The van der Waals surface area contributed by atoms with E-state index >= 15 is 0 Å². The number of rotatable bonds is 9. The molecule has 4 aromatic rings. The minimum Gasteiger partial charge on any atom is -0.341 e. The number of hydrogen-bond acceptors (Lipinski definition) is 2. The maximum Gasteiger partial charge on any atom is 0.0543 e. The van der Waals surface area contributed by atoms with Gasteiger partial charge in [0.25, 0.3) is 0 Å². The van der Waals surface area contributed by atoms with Crippen LogP contribution in [-0.4, -0.2) is 17.3 Å². The first-order chi connectivity index (χ1) is 19.2. The van der Waals surface area contributed by atoms with Gasteiger partial charge in [-0.25, -0.2) is 0 Å². The predicted molar refractivity (Wildman–Crippen MR) is 170 cm³/mol. The van der Waals surface area contributed by atoms with E-state index in [2.05, 4.69) is 132 Å². The molecular formula is C36H35N3. The number of aromatic nitrogens is 1. The standard InChI is InChI=1S/C36H35N3/c1-4-6-20-32(36-25-29-15-13-14-21-34(29)39(36)31-18-11-8-12-19-31)28-22-23-35(33(24-28)27(3)26-37)38(5-2)30-16-9-7-10-17-30/h4,6-11,13-18,20-26,37H,3,5,12,19H2,1-2H3/b6-4-,32-20-,37-26?. The molecule has 5 rings (SSSR count). The van der Waals surface area contributed by atoms with E-state index in [0.29, 0.717) is 5.57 Å². The minimum atomic E-state index is 0.687. The van der Waals surface area contributed by atoms with Gasteiger partial charge in [-0.3, -0.25) is 0 Å². The third kappa shape index (κ3) is 5.21. The zero-order valence-corrected chi connectivity index (χ0v) is 22.8. The molecule has 0 unspecified atom stereocenters. The summed E-state index contributed by atoms with van der Waals surface area (Å²) in [6.45, 7) is 9.25. The number of anilines is 2. The van der Waals surface area contributed by atoms with Gasteiger partial charge in [-0.1, -0.05) is 79.4 Å². The van der Waals surface area contributed by atoms with Gasteiger partial charge in [-0.15, -0.1) is 0 Å². The lowest BCUT2D eigenvalue weighted by atomic mass is 9.95. The van der Waals surface area contributed by atoms with E-state index in [-0.39, 0.29) is 0 Å². The molecule has 0 aliphatic heterocycles. The molecule has 39 heavy (non-hydrogen) atoms. The third-order valence-electron chi connectivity index (χ3n) is 7.22. The first-order valence-corrected chi connectivity index (χ1v) is 13.6. The van der Waals surface area contributed by atoms with Crippen molar-refractivity contribution in [3.05, 3.63) is 139 Å². The van der Waals surface area contributed by atoms with Crippen molar-refractivity contribution in [2.24, 2.45) is 0 Å². The molecule has 0 saturated carbocycles. The Balaban J connectivity index is 1.72. The van der Waals surface area contributed by atoms with Crippen LogP contribution in [0.5, 0.6) is 0 Å². The Labute approximate surface area is 231 Å². The smallest absolute Gasteiger partial charge is 0.0543 e. The maximum atomic E-state index is 8.05. The van der Waals surface area contributed by atoms with Gasteiger partial charge < -0.3 is 14.9 Å². The second-order valence-corrected chi connectivity index (χ2v) is 9.64. The second kappa shape index (κ2) is 11.8. The van der Waals surface area contributed by atoms with E-state index in [1.54, 1.807) is 0 Å². The molecule has 1 aliphatic carbocycles. The first kappa shape index (κ1) is 26.0. The summed E-state index contributed by atoms with van der Waals surface area (Å²) in [5.41, 5.74) is 9.70. The van der Waals surface area contributed by atoms with Gasteiger partial charge in [0.05, 0.1) is 11.2 Å². The molecule has 3 aromatic carbocycles. The lowest BCUT2D eigenvalue weighted by Crippen LogP contribution is -2.17. The van der Waals surface area contributed by atoms with Crippen LogP contribution in [0.25, 0.3) is 27.7 Å². The molecule has 0 spiro atoms. The van der Waals surface area contributed by atoms with Crippen LogP contribution in [0, 0.1) is 5.41 Å². The molecule has 0 fully saturated rings. The van der Waals surface area contributed by atoms with Gasteiger partial charge >= 0.3 is 0 Å². The molecular weight excluding hydrogens is 474 g/mol. The lowest BCUT2D eigenvalue weighted by molar-refractivity contribution is 0.955. The summed E-state index contributed by atoms with van der Waals surface area (Å²) in [6.07, 6.45) is 16.4. The van der Waals surface area contributed by atoms with E-state index in [1.165, 1.54) is 22.8 Å². The van der Waals surface area contributed by atoms with Crippen molar-refractivity contribution in [3.8, 4) is 0 Å². The van der Waals surface area contributed by atoms with Crippen LogP contribution in [0.15, 0.2) is 122 Å². The number of para-hydroxylation sites is 2. The Morgan fingerprint density at radius 1 is 1.03 bits per heavy atom. The van der Waals surface area contributed by atoms with E-state index in [4.69, 9.17) is 5.41 Å². The highest BCUT2D eigenvalue weighted by molar-refractivity contribution is 6.10. The van der Waals surface area contributed by atoms with E-state index in [1.807, 2.05) is 13.0 Å². The number of nitrogens with one attached hydrogen (secondary N) is 1. The van der Waals surface area contributed by atoms with Crippen LogP contribution in [0.2, 0.25) is 0 Å². The van der Waals surface area contributed by atoms with Crippen LogP contribution < -0.4 is 4.90 Å². The average Bonchev–Trinajstić information content (AvgIpc) is 3.38. The molecule has 3 heteroatoms. The molecule has 1 N–H and O–H groups in total. The second-order valence-electron chi connectivity index (χ2n) is 9.64. The van der Waals surface area contributed by atoms with Gasteiger partial charge in [0.15, 0.2) is 0 Å². The summed E-state index contributed by atoms with van der Waals surface area (Å²) in [4.78, 5) is 2.28. The Morgan fingerprint density at radius 3 is 2.54 bits per heavy atom. The fourth-order valence-corrected chi connectivity index (χ4v) is 5.33. The van der Waals surface area contributed by atoms with Crippen LogP contribution in [0.1, 0.15) is 43.5 Å². The minimum absolute atomic E-state index is 0.687. The average molecular weight is 510 g/mol. The Bertz CT molecular complexity index is 1630. The van der Waals surface area contributed by atoms with Crippen LogP contribution >= 0.6 is 0 Å². The van der Waals surface area contributed by atoms with Crippen molar-refractivity contribution in [3.63, 3.8) is 0 Å². The molecule has 0 amide bonds. The molecule has 1 aliphatic rings. The Kier molecular flexibility index (Phi) is 7.88. The highest BCUT2D eigenvalue weighted by Gasteiger charge is 2.20. The predicted octanol–water partition coefficient (Wildman–Crippen LogP) is 9.66. The SMILES string of the molecule is C=C(C=N)c1cc(/C(=C/C=C\C)c2cc3ccccc3n2C2=CC=CCC2)ccc1N(CC)c1ccccc1. The van der Waals surface area contributed by atoms with Crippen molar-refractivity contribution in [1.82, 2.24) is 4.57 Å². The van der Waals surface area contributed by atoms with Gasteiger partial charge in [0.2, 0.25) is 0 Å². The molecule has 194 valence electrons. The van der Waals surface area contributed by atoms with Crippen LogP contribution in [0.3, 0.4) is 0 Å². The van der Waals surface area contributed by atoms with Crippen molar-refractivity contribution >= 4 is 45.3 Å². The summed E-state index contributed by atoms with van der Waals surface area (Å²) in [7, 11) is 0. The molecule has 0 saturated heterocycles. The van der Waals surface area contributed by atoms with E-state index < -0.39 is 0 Å². The number of allylic oxidation sites excluding steroid dienone is 8. The third-order valence-corrected chi connectivity index (χ3v) is 7.22. The normalized spacial score (nSPS) is 13.6. The summed E-state index contributed by atoms with van der Waals surface area (Å²) in [6, 6.07) is 27.9. The fraction of sp³-hybridized carbons (Fsp3) is 0.139. The van der Waals surface area contributed by atoms with Crippen molar-refractivity contribution in [2.45, 2.75) is 26.7 Å². The van der Waals surface area contributed by atoms with Crippen molar-refractivity contribution in [2.75, 3.05) is 11.4 Å². The molecule has 1 aromatic heterocycles. The van der Waals surface area contributed by atoms with Gasteiger partial charge in [0, 0.05) is 46.4 Å². The van der Waals surface area contributed by atoms with Crippen molar-refractivity contribution in [1.29, 1.82) is 5.41 Å². The largest absolute Gasteiger partial charge is 0.341 e. The molecule has 0 radical (unpaired) electrons. The molecule has 3 nitrogen and oxygen atoms in total. The molecule has 0 bridgehead atoms. The topological polar surface area (TPSA) is 32.0 Å². The number of benzene rings is 3. The quantitative estimate of drug-likeness (QED) is 0.177. The number of hydrogen-bond donors (Lipinski definition) is 1. The maximum absolute atomic E-state index is 8.05. The summed E-state index contributed by atoms with van der Waals surface area (Å²) < 4.78 is 2.41. The zero-order chi connectivity index (χ0) is 27.2. The summed E-state index contributed by atoms with van der Waals surface area (Å²) >= 11 is 0. The Morgan fingerprint density at radius 2 is 1.82 bits per heavy atom. The highest BCUT2D eigenvalue weighted by atomic mass is 15.1. The molecule has 1 heterocycles. The summed E-state index contributed by atoms with van der Waals surface area (Å²) in [5.74, 6) is 0. The van der Waals surface area contributed by atoms with Crippen LogP contribution in [-0.2, 0) is 0 Å². The number of nitrogens with zero attached hydrogens (tertiary/aromatic N) is 2. The molecule has 0 atom stereocenters. The monoisotopic (exact) mass is 509 g/mol. The van der Waals surface area contributed by atoms with Crippen LogP contribution in [0.4, 0.5) is 11.4 Å². The fourth-order valence-electron chi connectivity index (χ4n) is 5.33. The van der Waals surface area contributed by atoms with Gasteiger partial charge in [0.1, 0.15) is 0 Å². The summed E-state index contributed by atoms with van der Waals surface area (Å²) in [5, 5.41) is 9.27. The van der Waals surface area contributed by atoms with Crippen molar-refractivity contribution < 1.29 is 0 Å². The van der Waals surface area contributed by atoms with Gasteiger partial charge in [-0.2, -0.15) is 0 Å². The highest BCUT2D eigenvalue weighted by Crippen LogP contribution is 2.38. The van der Waals surface area contributed by atoms with Gasteiger partial charge in [-0.05, 0) is 80.3 Å². The van der Waals surface area contributed by atoms with E-state index in [0.717, 1.165) is 53.2 Å². The lowest BCUT2D eigenvalue weighted by Gasteiger charge is -2.27. The number of fused-ring (bicyclic) bond motifs is 1.